The lowest BCUT2D eigenvalue weighted by Crippen LogP contribution is -2.23. The van der Waals surface area contributed by atoms with Crippen molar-refractivity contribution in [1.82, 2.24) is 9.36 Å². The largest absolute Gasteiger partial charge is 0.496 e. The highest BCUT2D eigenvalue weighted by atomic mass is 32.2. The molecule has 1 aromatic heterocycles. The fourth-order valence-electron chi connectivity index (χ4n) is 1.89. The van der Waals surface area contributed by atoms with E-state index in [0.29, 0.717) is 0 Å². The van der Waals surface area contributed by atoms with Gasteiger partial charge in [-0.1, -0.05) is 36.9 Å². The molecule has 2 rings (SSSR count). The van der Waals surface area contributed by atoms with Crippen LogP contribution < -0.4 is 10.5 Å². The highest BCUT2D eigenvalue weighted by molar-refractivity contribution is 8.01. The zero-order chi connectivity index (χ0) is 14.5. The molecule has 2 aromatic rings. The predicted molar refractivity (Wildman–Crippen MR) is 84.5 cm³/mol. The number of nitrogens with two attached hydrogens (primary N) is 1. The molecule has 108 valence electrons. The lowest BCUT2D eigenvalue weighted by Gasteiger charge is -2.21. The van der Waals surface area contributed by atoms with Crippen molar-refractivity contribution in [1.29, 1.82) is 0 Å². The number of nitrogens with zero attached hydrogens (tertiary/aromatic N) is 2. The Balaban J connectivity index is 2.27. The maximum absolute atomic E-state index is 6.16. The van der Waals surface area contributed by atoms with Gasteiger partial charge >= 0.3 is 0 Å². The van der Waals surface area contributed by atoms with Gasteiger partial charge in [0.2, 0.25) is 0 Å². The molecule has 0 amide bonds. The van der Waals surface area contributed by atoms with E-state index < -0.39 is 0 Å². The molecule has 0 fully saturated rings. The van der Waals surface area contributed by atoms with Crippen LogP contribution in [0, 0.1) is 0 Å². The van der Waals surface area contributed by atoms with Crippen LogP contribution in [0.3, 0.4) is 0 Å². The Morgan fingerprint density at radius 1 is 1.40 bits per heavy atom. The molecule has 0 saturated carbocycles. The lowest BCUT2D eigenvalue weighted by molar-refractivity contribution is 0.408. The number of methoxy groups -OCH3 is 1. The molecule has 0 saturated heterocycles. The van der Waals surface area contributed by atoms with Crippen LogP contribution in [-0.2, 0) is 6.42 Å². The molecule has 2 atom stereocenters. The summed E-state index contributed by atoms with van der Waals surface area (Å²) in [5.74, 6) is 1.75. The molecule has 6 heteroatoms. The Labute approximate surface area is 127 Å². The zero-order valence-corrected chi connectivity index (χ0v) is 13.5. The quantitative estimate of drug-likeness (QED) is 0.830. The second-order valence-corrected chi connectivity index (χ2v) is 6.61. The third-order valence-corrected chi connectivity index (χ3v) is 5.21. The van der Waals surface area contributed by atoms with E-state index in [4.69, 9.17) is 10.5 Å². The molecule has 0 aliphatic carbocycles. The summed E-state index contributed by atoms with van der Waals surface area (Å²) in [4.78, 5) is 4.51. The predicted octanol–water partition coefficient (Wildman–Crippen LogP) is 3.29. The van der Waals surface area contributed by atoms with Crippen LogP contribution in [0.15, 0.2) is 28.6 Å². The molecule has 0 spiro atoms. The summed E-state index contributed by atoms with van der Waals surface area (Å²) in [5.41, 5.74) is 7.26. The van der Waals surface area contributed by atoms with Crippen molar-refractivity contribution < 1.29 is 4.74 Å². The summed E-state index contributed by atoms with van der Waals surface area (Å²) in [5, 5.41) is 0.101. The van der Waals surface area contributed by atoms with Crippen LogP contribution in [0.5, 0.6) is 5.75 Å². The maximum atomic E-state index is 6.16. The molecule has 1 heterocycles. The van der Waals surface area contributed by atoms with Crippen molar-refractivity contribution in [3.63, 3.8) is 0 Å². The van der Waals surface area contributed by atoms with Crippen molar-refractivity contribution in [2.75, 3.05) is 7.11 Å². The number of rotatable bonds is 6. The third-order valence-electron chi connectivity index (χ3n) is 2.92. The minimum Gasteiger partial charge on any atom is -0.496 e. The standard InChI is InChI=1S/C14H19N3OS2/c1-4-12-16-14(20-17-12)19-13(9(2)15)10-7-5-6-8-11(10)18-3/h5-9,13H,4,15H2,1-3H3. The average molecular weight is 309 g/mol. The summed E-state index contributed by atoms with van der Waals surface area (Å²) in [7, 11) is 1.68. The van der Waals surface area contributed by atoms with E-state index in [1.165, 1.54) is 11.5 Å². The molecule has 0 aliphatic rings. The molecule has 4 nitrogen and oxygen atoms in total. The van der Waals surface area contributed by atoms with Crippen molar-refractivity contribution in [2.24, 2.45) is 5.73 Å². The summed E-state index contributed by atoms with van der Waals surface area (Å²) >= 11 is 3.09. The average Bonchev–Trinajstić information content (AvgIpc) is 2.92. The fourth-order valence-corrected chi connectivity index (χ4v) is 3.90. The van der Waals surface area contributed by atoms with Gasteiger partial charge in [-0.15, -0.1) is 0 Å². The van der Waals surface area contributed by atoms with Crippen molar-refractivity contribution >= 4 is 23.3 Å². The van der Waals surface area contributed by atoms with E-state index >= 15 is 0 Å². The monoisotopic (exact) mass is 309 g/mol. The van der Waals surface area contributed by atoms with Crippen LogP contribution in [0.25, 0.3) is 0 Å². The van der Waals surface area contributed by atoms with E-state index in [1.54, 1.807) is 18.9 Å². The Kier molecular flexibility index (Phi) is 5.39. The molecule has 20 heavy (non-hydrogen) atoms. The second kappa shape index (κ2) is 7.06. The number of thioether (sulfide) groups is 1. The summed E-state index contributed by atoms with van der Waals surface area (Å²) in [6, 6.07) is 7.98. The fraction of sp³-hybridized carbons (Fsp3) is 0.429. The van der Waals surface area contributed by atoms with E-state index in [9.17, 15) is 0 Å². The van der Waals surface area contributed by atoms with Crippen LogP contribution in [0.2, 0.25) is 0 Å². The molecule has 0 radical (unpaired) electrons. The maximum Gasteiger partial charge on any atom is 0.170 e. The van der Waals surface area contributed by atoms with E-state index in [1.807, 2.05) is 25.1 Å². The van der Waals surface area contributed by atoms with E-state index in [0.717, 1.165) is 27.9 Å². The number of ether oxygens (including phenoxy) is 1. The highest BCUT2D eigenvalue weighted by Gasteiger charge is 2.22. The lowest BCUT2D eigenvalue weighted by atomic mass is 10.1. The van der Waals surface area contributed by atoms with Gasteiger partial charge in [0, 0.05) is 18.0 Å². The number of aryl methyl sites for hydroxylation is 1. The van der Waals surface area contributed by atoms with Crippen LogP contribution in [-0.4, -0.2) is 22.5 Å². The zero-order valence-electron chi connectivity index (χ0n) is 11.9. The topological polar surface area (TPSA) is 61.0 Å². The SMILES string of the molecule is CCc1nsc(SC(c2ccccc2OC)C(C)N)n1. The molecular weight excluding hydrogens is 290 g/mol. The van der Waals surface area contributed by atoms with Gasteiger partial charge < -0.3 is 10.5 Å². The van der Waals surface area contributed by atoms with Gasteiger partial charge in [-0.25, -0.2) is 4.98 Å². The van der Waals surface area contributed by atoms with E-state index in [-0.39, 0.29) is 11.3 Å². The smallest absolute Gasteiger partial charge is 0.170 e. The Morgan fingerprint density at radius 2 is 2.15 bits per heavy atom. The Hall–Kier alpha value is -1.11. The van der Waals surface area contributed by atoms with E-state index in [2.05, 4.69) is 22.3 Å². The summed E-state index contributed by atoms with van der Waals surface area (Å²) in [6.45, 7) is 4.06. The van der Waals surface area contributed by atoms with Gasteiger partial charge in [0.05, 0.1) is 12.4 Å². The van der Waals surface area contributed by atoms with Crippen LogP contribution in [0.4, 0.5) is 0 Å². The Morgan fingerprint density at radius 3 is 2.75 bits per heavy atom. The molecule has 1 aromatic carbocycles. The molecule has 0 bridgehead atoms. The van der Waals surface area contributed by atoms with Crippen molar-refractivity contribution in [3.05, 3.63) is 35.7 Å². The first kappa shape index (κ1) is 15.3. The summed E-state index contributed by atoms with van der Waals surface area (Å²) < 4.78 is 10.7. The first-order valence-electron chi connectivity index (χ1n) is 6.53. The first-order valence-corrected chi connectivity index (χ1v) is 8.18. The molecule has 0 aliphatic heterocycles. The molecule has 2 unspecified atom stereocenters. The summed E-state index contributed by atoms with van der Waals surface area (Å²) in [6.07, 6.45) is 0.856. The third kappa shape index (κ3) is 3.50. The normalized spacial score (nSPS) is 14.0. The minimum absolute atomic E-state index is 0.00900. The molecule has 2 N–H and O–H groups in total. The van der Waals surface area contributed by atoms with Gasteiger partial charge in [0.15, 0.2) is 4.34 Å². The van der Waals surface area contributed by atoms with Gasteiger partial charge in [0.25, 0.3) is 0 Å². The van der Waals surface area contributed by atoms with Crippen molar-refractivity contribution in [2.45, 2.75) is 35.9 Å². The Bertz CT molecular complexity index is 557. The van der Waals surface area contributed by atoms with Crippen LogP contribution >= 0.6 is 23.3 Å². The second-order valence-electron chi connectivity index (χ2n) is 4.47. The number of aromatic nitrogens is 2. The van der Waals surface area contributed by atoms with Gasteiger partial charge in [-0.2, -0.15) is 4.37 Å². The van der Waals surface area contributed by atoms with Gasteiger partial charge in [-0.3, -0.25) is 0 Å². The first-order chi connectivity index (χ1) is 9.65. The highest BCUT2D eigenvalue weighted by Crippen LogP contribution is 2.41. The van der Waals surface area contributed by atoms with Crippen LogP contribution in [0.1, 0.15) is 30.5 Å². The van der Waals surface area contributed by atoms with Gasteiger partial charge in [0.1, 0.15) is 11.6 Å². The van der Waals surface area contributed by atoms with Gasteiger partial charge in [-0.05, 0) is 24.5 Å². The minimum atomic E-state index is -0.00900. The number of hydrogen-bond acceptors (Lipinski definition) is 6. The number of para-hydroxylation sites is 1. The number of benzene rings is 1. The number of hydrogen-bond donors (Lipinski definition) is 1. The van der Waals surface area contributed by atoms with Crippen molar-refractivity contribution in [3.8, 4) is 5.75 Å². The molecular formula is C14H19N3OS2.